The molecule has 2 heterocycles. The molecule has 22 heavy (non-hydrogen) atoms. The fraction of sp³-hybridized carbons (Fsp3) is 0.611. The molecule has 0 radical (unpaired) electrons. The minimum atomic E-state index is 0.324. The van der Waals surface area contributed by atoms with Gasteiger partial charge in [0.05, 0.1) is 11.3 Å². The summed E-state index contributed by atoms with van der Waals surface area (Å²) < 4.78 is 0. The first-order valence-electron chi connectivity index (χ1n) is 8.41. The third kappa shape index (κ3) is 3.26. The van der Waals surface area contributed by atoms with Crippen molar-refractivity contribution in [1.82, 2.24) is 4.90 Å². The van der Waals surface area contributed by atoms with Crippen LogP contribution in [0.3, 0.4) is 0 Å². The molecule has 2 aliphatic rings. The van der Waals surface area contributed by atoms with E-state index in [-0.39, 0.29) is 0 Å². The van der Waals surface area contributed by atoms with Crippen molar-refractivity contribution in [3.05, 3.63) is 29.8 Å². The van der Waals surface area contributed by atoms with Gasteiger partial charge in [0.15, 0.2) is 0 Å². The molecule has 2 saturated heterocycles. The van der Waals surface area contributed by atoms with Crippen molar-refractivity contribution in [3.63, 3.8) is 0 Å². The highest BCUT2D eigenvalue weighted by Crippen LogP contribution is 2.27. The molecule has 0 saturated carbocycles. The van der Waals surface area contributed by atoms with Gasteiger partial charge in [-0.15, -0.1) is 0 Å². The van der Waals surface area contributed by atoms with Gasteiger partial charge in [-0.3, -0.25) is 4.90 Å². The van der Waals surface area contributed by atoms with Gasteiger partial charge in [-0.05, 0) is 50.3 Å². The van der Waals surface area contributed by atoms with Crippen molar-refractivity contribution in [1.29, 1.82) is 5.26 Å². The van der Waals surface area contributed by atoms with E-state index in [2.05, 4.69) is 21.9 Å². The van der Waals surface area contributed by atoms with Crippen LogP contribution in [0.1, 0.15) is 31.2 Å². The minimum Gasteiger partial charge on any atom is -0.396 e. The molecule has 0 bridgehead atoms. The van der Waals surface area contributed by atoms with Crippen molar-refractivity contribution in [3.8, 4) is 6.07 Å². The maximum absolute atomic E-state index is 9.39. The second-order valence-corrected chi connectivity index (χ2v) is 6.53. The Labute approximate surface area is 133 Å². The van der Waals surface area contributed by atoms with E-state index in [0.29, 0.717) is 18.6 Å². The molecular weight excluding hydrogens is 274 g/mol. The Hall–Kier alpha value is -1.57. The smallest absolute Gasteiger partial charge is 0.101 e. The molecule has 4 heteroatoms. The van der Waals surface area contributed by atoms with E-state index in [1.165, 1.54) is 19.4 Å². The number of likely N-dealkylation sites (tertiary alicyclic amines) is 1. The van der Waals surface area contributed by atoms with Gasteiger partial charge in [0.2, 0.25) is 0 Å². The molecule has 118 valence electrons. The molecule has 0 spiro atoms. The normalized spacial score (nSPS) is 24.2. The van der Waals surface area contributed by atoms with Crippen LogP contribution in [0.15, 0.2) is 24.3 Å². The average Bonchev–Trinajstić information content (AvgIpc) is 2.62. The number of aliphatic hydroxyl groups excluding tert-OH is 1. The molecule has 0 aromatic heterocycles. The topological polar surface area (TPSA) is 50.5 Å². The first-order chi connectivity index (χ1) is 10.8. The second kappa shape index (κ2) is 7.13. The first kappa shape index (κ1) is 15.3. The number of nitrogens with zero attached hydrogens (tertiary/aromatic N) is 3. The Kier molecular flexibility index (Phi) is 4.97. The van der Waals surface area contributed by atoms with E-state index >= 15 is 0 Å². The number of anilines is 1. The predicted molar refractivity (Wildman–Crippen MR) is 87.8 cm³/mol. The largest absolute Gasteiger partial charge is 0.396 e. The van der Waals surface area contributed by atoms with Crippen molar-refractivity contribution >= 4 is 5.69 Å². The number of aliphatic hydroxyl groups is 1. The highest BCUT2D eigenvalue weighted by atomic mass is 16.3. The van der Waals surface area contributed by atoms with Crippen LogP contribution >= 0.6 is 0 Å². The molecule has 1 N–H and O–H groups in total. The summed E-state index contributed by atoms with van der Waals surface area (Å²) in [5.74, 6) is 0.464. The molecule has 2 aliphatic heterocycles. The number of para-hydroxylation sites is 1. The van der Waals surface area contributed by atoms with Crippen molar-refractivity contribution in [2.45, 2.75) is 31.7 Å². The van der Waals surface area contributed by atoms with Crippen LogP contribution in [-0.2, 0) is 0 Å². The minimum absolute atomic E-state index is 0.324. The summed E-state index contributed by atoms with van der Waals surface area (Å²) in [7, 11) is 0. The highest BCUT2D eigenvalue weighted by molar-refractivity contribution is 5.59. The summed E-state index contributed by atoms with van der Waals surface area (Å²) in [6.45, 7) is 4.59. The van der Waals surface area contributed by atoms with Gasteiger partial charge in [0.1, 0.15) is 6.07 Å². The van der Waals surface area contributed by atoms with Gasteiger partial charge >= 0.3 is 0 Å². The zero-order chi connectivity index (χ0) is 15.4. The predicted octanol–water partition coefficient (Wildman–Crippen LogP) is 2.23. The van der Waals surface area contributed by atoms with E-state index < -0.39 is 0 Å². The standard InChI is InChI=1S/C18H25N3O/c19-12-16-5-1-2-6-18(16)20-10-7-17(8-11-20)21-9-3-4-15(13-21)14-22/h1-2,5-6,15,17,22H,3-4,7-11,13-14H2. The van der Waals surface area contributed by atoms with E-state index in [1.807, 2.05) is 18.2 Å². The quantitative estimate of drug-likeness (QED) is 0.930. The van der Waals surface area contributed by atoms with E-state index in [4.69, 9.17) is 0 Å². The number of rotatable bonds is 3. The van der Waals surface area contributed by atoms with Crippen LogP contribution in [0.2, 0.25) is 0 Å². The molecule has 4 nitrogen and oxygen atoms in total. The maximum Gasteiger partial charge on any atom is 0.101 e. The lowest BCUT2D eigenvalue weighted by Gasteiger charge is -2.42. The van der Waals surface area contributed by atoms with E-state index in [0.717, 1.165) is 43.7 Å². The summed E-state index contributed by atoms with van der Waals surface area (Å²) in [6.07, 6.45) is 4.68. The summed E-state index contributed by atoms with van der Waals surface area (Å²) in [6, 6.07) is 10.8. The number of piperidine rings is 2. The van der Waals surface area contributed by atoms with Crippen LogP contribution < -0.4 is 4.90 Å². The molecular formula is C18H25N3O. The molecule has 1 aromatic rings. The number of nitriles is 1. The van der Waals surface area contributed by atoms with Crippen molar-refractivity contribution in [2.75, 3.05) is 37.7 Å². The fourth-order valence-corrected chi connectivity index (χ4v) is 3.89. The zero-order valence-corrected chi connectivity index (χ0v) is 13.1. The Morgan fingerprint density at radius 3 is 2.64 bits per heavy atom. The Bertz CT molecular complexity index is 531. The van der Waals surface area contributed by atoms with Gasteiger partial charge in [-0.2, -0.15) is 5.26 Å². The van der Waals surface area contributed by atoms with Gasteiger partial charge in [-0.25, -0.2) is 0 Å². The number of benzene rings is 1. The number of hydrogen-bond donors (Lipinski definition) is 1. The van der Waals surface area contributed by atoms with Crippen LogP contribution in [0.4, 0.5) is 5.69 Å². The SMILES string of the molecule is N#Cc1ccccc1N1CCC(N2CCCC(CO)C2)CC1. The van der Waals surface area contributed by atoms with Gasteiger partial charge in [0, 0.05) is 32.3 Å². The van der Waals surface area contributed by atoms with Gasteiger partial charge in [-0.1, -0.05) is 12.1 Å². The molecule has 1 unspecified atom stereocenters. The summed E-state index contributed by atoms with van der Waals surface area (Å²) in [5, 5.41) is 18.6. The third-order valence-electron chi connectivity index (χ3n) is 5.15. The monoisotopic (exact) mass is 299 g/mol. The highest BCUT2D eigenvalue weighted by Gasteiger charge is 2.29. The van der Waals surface area contributed by atoms with Crippen molar-refractivity contribution in [2.24, 2.45) is 5.92 Å². The molecule has 0 aliphatic carbocycles. The van der Waals surface area contributed by atoms with Crippen LogP contribution in [0, 0.1) is 17.2 Å². The van der Waals surface area contributed by atoms with Crippen LogP contribution in [0.5, 0.6) is 0 Å². The van der Waals surface area contributed by atoms with E-state index in [1.54, 1.807) is 0 Å². The Balaban J connectivity index is 1.59. The molecule has 3 rings (SSSR count). The summed E-state index contributed by atoms with van der Waals surface area (Å²) >= 11 is 0. The van der Waals surface area contributed by atoms with Crippen LogP contribution in [-0.4, -0.2) is 48.8 Å². The second-order valence-electron chi connectivity index (χ2n) is 6.53. The summed E-state index contributed by atoms with van der Waals surface area (Å²) in [4.78, 5) is 4.93. The lowest BCUT2D eigenvalue weighted by molar-refractivity contribution is 0.0778. The van der Waals surface area contributed by atoms with Gasteiger partial charge in [0.25, 0.3) is 0 Å². The summed E-state index contributed by atoms with van der Waals surface area (Å²) in [5.41, 5.74) is 1.86. The van der Waals surface area contributed by atoms with Crippen LogP contribution in [0.25, 0.3) is 0 Å². The number of hydrogen-bond acceptors (Lipinski definition) is 4. The maximum atomic E-state index is 9.39. The Morgan fingerprint density at radius 1 is 1.14 bits per heavy atom. The molecule has 0 amide bonds. The molecule has 2 fully saturated rings. The van der Waals surface area contributed by atoms with Gasteiger partial charge < -0.3 is 10.0 Å². The molecule has 1 aromatic carbocycles. The average molecular weight is 299 g/mol. The Morgan fingerprint density at radius 2 is 1.91 bits per heavy atom. The lowest BCUT2D eigenvalue weighted by Crippen LogP contribution is -2.49. The zero-order valence-electron chi connectivity index (χ0n) is 13.1. The lowest BCUT2D eigenvalue weighted by atomic mass is 9.94. The fourth-order valence-electron chi connectivity index (χ4n) is 3.89. The van der Waals surface area contributed by atoms with E-state index in [9.17, 15) is 10.4 Å². The third-order valence-corrected chi connectivity index (χ3v) is 5.15. The molecule has 1 atom stereocenters. The first-order valence-corrected chi connectivity index (χ1v) is 8.41. The van der Waals surface area contributed by atoms with Crippen molar-refractivity contribution < 1.29 is 5.11 Å².